The number of rotatable bonds is 6. The summed E-state index contributed by atoms with van der Waals surface area (Å²) in [4.78, 5) is 2.43. The number of hydrogen-bond donors (Lipinski definition) is 0. The summed E-state index contributed by atoms with van der Waals surface area (Å²) in [6, 6.07) is 10.7. The molecule has 0 fully saturated rings. The number of aryl methyl sites for hydroxylation is 1. The third-order valence-corrected chi connectivity index (χ3v) is 5.66. The minimum Gasteiger partial charge on any atom is -0.496 e. The first-order valence-electron chi connectivity index (χ1n) is 9.54. The van der Waals surface area contributed by atoms with E-state index >= 15 is 0 Å². The fourth-order valence-electron chi connectivity index (χ4n) is 4.29. The van der Waals surface area contributed by atoms with E-state index in [1.807, 2.05) is 12.1 Å². The van der Waals surface area contributed by atoms with Gasteiger partial charge in [0, 0.05) is 18.2 Å². The molecule has 2 heterocycles. The van der Waals surface area contributed by atoms with Crippen molar-refractivity contribution in [3.63, 3.8) is 0 Å². The average molecular weight is 369 g/mol. The Balaban J connectivity index is 1.57. The molecule has 1 unspecified atom stereocenters. The fourth-order valence-corrected chi connectivity index (χ4v) is 4.29. The quantitative estimate of drug-likeness (QED) is 0.770. The lowest BCUT2D eigenvalue weighted by Crippen LogP contribution is -2.32. The van der Waals surface area contributed by atoms with Gasteiger partial charge in [-0.05, 0) is 56.0 Å². The van der Waals surface area contributed by atoms with Crippen LogP contribution in [0.4, 0.5) is 0 Å². The van der Waals surface area contributed by atoms with Gasteiger partial charge in [-0.15, -0.1) is 0 Å². The van der Waals surface area contributed by atoms with E-state index in [9.17, 15) is 0 Å². The molecule has 144 valence electrons. The number of likely N-dealkylation sites (N-methyl/N-ethyl adjacent to an activating group) is 1. The van der Waals surface area contributed by atoms with E-state index in [1.54, 1.807) is 14.2 Å². The first-order chi connectivity index (χ1) is 13.2. The second-order valence-corrected chi connectivity index (χ2v) is 7.17. The highest BCUT2D eigenvalue weighted by Gasteiger charge is 2.33. The number of nitrogens with zero attached hydrogens (tertiary/aromatic N) is 1. The number of para-hydroxylation sites is 1. The van der Waals surface area contributed by atoms with E-state index in [-0.39, 0.29) is 6.79 Å². The maximum Gasteiger partial charge on any atom is 0.231 e. The zero-order valence-electron chi connectivity index (χ0n) is 16.3. The third kappa shape index (κ3) is 3.32. The minimum absolute atomic E-state index is 0.267. The van der Waals surface area contributed by atoms with Crippen molar-refractivity contribution in [2.45, 2.75) is 31.7 Å². The summed E-state index contributed by atoms with van der Waals surface area (Å²) in [7, 11) is 5.65. The fraction of sp³-hybridized carbons (Fsp3) is 0.455. The molecule has 0 bridgehead atoms. The van der Waals surface area contributed by atoms with Crippen molar-refractivity contribution < 1.29 is 18.9 Å². The van der Waals surface area contributed by atoms with E-state index in [2.05, 4.69) is 30.1 Å². The van der Waals surface area contributed by atoms with Gasteiger partial charge in [0.05, 0.1) is 14.2 Å². The van der Waals surface area contributed by atoms with Crippen LogP contribution < -0.4 is 18.9 Å². The van der Waals surface area contributed by atoms with Gasteiger partial charge in [-0.25, -0.2) is 0 Å². The van der Waals surface area contributed by atoms with Crippen molar-refractivity contribution in [1.82, 2.24) is 4.90 Å². The summed E-state index contributed by atoms with van der Waals surface area (Å²) in [6.45, 7) is 1.30. The van der Waals surface area contributed by atoms with Crippen molar-refractivity contribution in [3.8, 4) is 23.0 Å². The van der Waals surface area contributed by atoms with Crippen molar-refractivity contribution >= 4 is 0 Å². The maximum absolute atomic E-state index is 5.78. The smallest absolute Gasteiger partial charge is 0.231 e. The van der Waals surface area contributed by atoms with E-state index in [4.69, 9.17) is 18.9 Å². The zero-order valence-corrected chi connectivity index (χ0v) is 16.3. The second-order valence-electron chi connectivity index (χ2n) is 7.17. The second kappa shape index (κ2) is 7.69. The highest BCUT2D eigenvalue weighted by Crippen LogP contribution is 2.50. The van der Waals surface area contributed by atoms with E-state index in [0.717, 1.165) is 55.2 Å². The predicted octanol–water partition coefficient (Wildman–Crippen LogP) is 3.98. The van der Waals surface area contributed by atoms with Gasteiger partial charge in [0.1, 0.15) is 5.75 Å². The normalized spacial score (nSPS) is 18.3. The first-order valence-corrected chi connectivity index (χ1v) is 9.54. The summed E-state index contributed by atoms with van der Waals surface area (Å²) in [6.07, 6.45) is 4.13. The Kier molecular flexibility index (Phi) is 5.12. The van der Waals surface area contributed by atoms with Crippen molar-refractivity contribution in [3.05, 3.63) is 47.0 Å². The number of benzene rings is 2. The highest BCUT2D eigenvalue weighted by atomic mass is 16.7. The molecule has 0 spiro atoms. The topological polar surface area (TPSA) is 40.2 Å². The lowest BCUT2D eigenvalue weighted by Gasteiger charge is -2.36. The molecule has 2 aliphatic heterocycles. The van der Waals surface area contributed by atoms with Crippen LogP contribution in [0.2, 0.25) is 0 Å². The number of ether oxygens (including phenoxy) is 4. The van der Waals surface area contributed by atoms with Crippen LogP contribution in [-0.4, -0.2) is 39.5 Å². The molecule has 0 saturated heterocycles. The van der Waals surface area contributed by atoms with E-state index in [0.29, 0.717) is 6.04 Å². The molecule has 2 aliphatic rings. The summed E-state index contributed by atoms with van der Waals surface area (Å²) in [5.74, 6) is 3.37. The molecule has 0 aromatic heterocycles. The zero-order chi connectivity index (χ0) is 18.8. The van der Waals surface area contributed by atoms with Crippen LogP contribution in [0.15, 0.2) is 30.3 Å². The number of methoxy groups -OCH3 is 2. The molecule has 1 atom stereocenters. The van der Waals surface area contributed by atoms with Gasteiger partial charge in [0.15, 0.2) is 11.5 Å². The monoisotopic (exact) mass is 369 g/mol. The molecular formula is C22H27NO4. The molecule has 5 nitrogen and oxygen atoms in total. The summed E-state index contributed by atoms with van der Waals surface area (Å²) >= 11 is 0. The number of fused-ring (bicyclic) bond motifs is 2. The van der Waals surface area contributed by atoms with E-state index < -0.39 is 0 Å². The van der Waals surface area contributed by atoms with Crippen molar-refractivity contribution in [2.24, 2.45) is 0 Å². The Hall–Kier alpha value is -2.40. The molecule has 0 amide bonds. The number of hydrogen-bond acceptors (Lipinski definition) is 5. The molecule has 0 N–H and O–H groups in total. The van der Waals surface area contributed by atoms with Crippen molar-refractivity contribution in [2.75, 3.05) is 34.6 Å². The Labute approximate surface area is 160 Å². The lowest BCUT2D eigenvalue weighted by molar-refractivity contribution is 0.170. The van der Waals surface area contributed by atoms with Gasteiger partial charge in [-0.2, -0.15) is 0 Å². The first kappa shape index (κ1) is 18.0. The minimum atomic E-state index is 0.267. The standard InChI is InChI=1S/C22H27NO4/c1-23-12-11-16-13-19-21(27-14-26-19)22(25-3)20(16)17(23)9-6-8-15-7-4-5-10-18(15)24-2/h4-5,7,10,13,17H,6,8-9,11-12,14H2,1-3H3. The van der Waals surface area contributed by atoms with Gasteiger partial charge < -0.3 is 18.9 Å². The molecule has 0 aliphatic carbocycles. The largest absolute Gasteiger partial charge is 0.496 e. The van der Waals surface area contributed by atoms with Crippen molar-refractivity contribution in [1.29, 1.82) is 0 Å². The Morgan fingerprint density at radius 2 is 2.00 bits per heavy atom. The van der Waals surface area contributed by atoms with E-state index in [1.165, 1.54) is 16.7 Å². The predicted molar refractivity (Wildman–Crippen MR) is 104 cm³/mol. The average Bonchev–Trinajstić information content (AvgIpc) is 3.16. The Bertz CT molecular complexity index is 820. The molecule has 0 radical (unpaired) electrons. The van der Waals surface area contributed by atoms with Gasteiger partial charge in [0.2, 0.25) is 12.5 Å². The Morgan fingerprint density at radius 1 is 1.15 bits per heavy atom. The third-order valence-electron chi connectivity index (χ3n) is 5.66. The Morgan fingerprint density at radius 3 is 2.81 bits per heavy atom. The molecule has 27 heavy (non-hydrogen) atoms. The summed E-state index contributed by atoms with van der Waals surface area (Å²) in [5.41, 5.74) is 3.84. The van der Waals surface area contributed by atoms with Crippen LogP contribution in [0, 0.1) is 0 Å². The molecule has 4 rings (SSSR count). The van der Waals surface area contributed by atoms with Gasteiger partial charge in [-0.3, -0.25) is 4.90 Å². The molecule has 5 heteroatoms. The van der Waals surface area contributed by atoms with Crippen LogP contribution >= 0.6 is 0 Å². The summed E-state index contributed by atoms with van der Waals surface area (Å²) in [5, 5.41) is 0. The molecule has 0 saturated carbocycles. The lowest BCUT2D eigenvalue weighted by atomic mass is 9.88. The molecular weight excluding hydrogens is 342 g/mol. The van der Waals surface area contributed by atoms with Crippen LogP contribution in [0.3, 0.4) is 0 Å². The SMILES string of the molecule is COc1ccccc1CCCC1c2c(cc3c(c2OC)OCO3)CCN1C. The van der Waals surface area contributed by atoms with Crippen LogP contribution in [0.5, 0.6) is 23.0 Å². The van der Waals surface area contributed by atoms with Crippen LogP contribution in [0.1, 0.15) is 35.6 Å². The van der Waals surface area contributed by atoms with Crippen LogP contribution in [-0.2, 0) is 12.8 Å². The molecule has 2 aromatic carbocycles. The van der Waals surface area contributed by atoms with Gasteiger partial charge in [0.25, 0.3) is 0 Å². The van der Waals surface area contributed by atoms with Crippen LogP contribution in [0.25, 0.3) is 0 Å². The highest BCUT2D eigenvalue weighted by molar-refractivity contribution is 5.61. The molecule has 2 aromatic rings. The maximum atomic E-state index is 5.78. The van der Waals surface area contributed by atoms with Gasteiger partial charge >= 0.3 is 0 Å². The van der Waals surface area contributed by atoms with Gasteiger partial charge in [-0.1, -0.05) is 18.2 Å². The summed E-state index contributed by atoms with van der Waals surface area (Å²) < 4.78 is 22.6.